The molecule has 2 unspecified atom stereocenters. The predicted octanol–water partition coefficient (Wildman–Crippen LogP) is 2.53. The molecular formula is C15H26O5. The van der Waals surface area contributed by atoms with Crippen LogP contribution in [-0.2, 0) is 23.8 Å². The quantitative estimate of drug-likeness (QED) is 0.507. The summed E-state index contributed by atoms with van der Waals surface area (Å²) in [5.74, 6) is -0.762. The number of hydrogen-bond donors (Lipinski definition) is 0. The van der Waals surface area contributed by atoms with E-state index >= 15 is 0 Å². The average molecular weight is 286 g/mol. The van der Waals surface area contributed by atoms with Crippen molar-refractivity contribution in [1.82, 2.24) is 0 Å². The van der Waals surface area contributed by atoms with Crippen molar-refractivity contribution >= 4 is 11.9 Å². The molecule has 1 fully saturated rings. The van der Waals surface area contributed by atoms with E-state index in [2.05, 4.69) is 6.92 Å². The summed E-state index contributed by atoms with van der Waals surface area (Å²) in [4.78, 5) is 23.2. The van der Waals surface area contributed by atoms with Crippen LogP contribution in [0, 0.1) is 17.8 Å². The van der Waals surface area contributed by atoms with E-state index in [4.69, 9.17) is 14.2 Å². The largest absolute Gasteiger partial charge is 0.425 e. The highest BCUT2D eigenvalue weighted by molar-refractivity contribution is 5.76. The van der Waals surface area contributed by atoms with Crippen LogP contribution in [0.5, 0.6) is 0 Å². The number of ether oxygens (including phenoxy) is 3. The van der Waals surface area contributed by atoms with Gasteiger partial charge in [0.25, 0.3) is 0 Å². The van der Waals surface area contributed by atoms with E-state index in [1.807, 2.05) is 6.92 Å². The Morgan fingerprint density at radius 1 is 1.15 bits per heavy atom. The van der Waals surface area contributed by atoms with Crippen molar-refractivity contribution < 1.29 is 23.8 Å². The second-order valence-corrected chi connectivity index (χ2v) is 5.75. The third-order valence-electron chi connectivity index (χ3n) is 3.43. The second kappa shape index (κ2) is 7.62. The highest BCUT2D eigenvalue weighted by Gasteiger charge is 2.45. The Hall–Kier alpha value is -1.10. The number of hydrogen-bond acceptors (Lipinski definition) is 5. The molecule has 0 spiro atoms. The molecule has 5 heteroatoms. The van der Waals surface area contributed by atoms with Gasteiger partial charge in [0, 0.05) is 6.92 Å². The standard InChI is InChI=1S/C15H26O5/c1-6-10(4)18-8-12-7-13(12)15(17)20-11(5)19-14(16)9(2)3/h9-13H,6-8H2,1-5H3/t10?,11?,12-,13+/m0/s1. The van der Waals surface area contributed by atoms with Gasteiger partial charge in [0.05, 0.1) is 24.5 Å². The van der Waals surface area contributed by atoms with Gasteiger partial charge in [-0.1, -0.05) is 20.8 Å². The van der Waals surface area contributed by atoms with Crippen molar-refractivity contribution in [3.63, 3.8) is 0 Å². The Morgan fingerprint density at radius 2 is 1.80 bits per heavy atom. The van der Waals surface area contributed by atoms with Gasteiger partial charge >= 0.3 is 11.9 Å². The van der Waals surface area contributed by atoms with Crippen molar-refractivity contribution in [3.8, 4) is 0 Å². The maximum atomic E-state index is 11.8. The van der Waals surface area contributed by atoms with E-state index in [1.54, 1.807) is 20.8 Å². The maximum absolute atomic E-state index is 11.8. The summed E-state index contributed by atoms with van der Waals surface area (Å²) < 4.78 is 15.7. The van der Waals surface area contributed by atoms with Crippen LogP contribution in [0.1, 0.15) is 47.5 Å². The molecule has 0 heterocycles. The topological polar surface area (TPSA) is 61.8 Å². The molecule has 116 valence electrons. The van der Waals surface area contributed by atoms with Crippen molar-refractivity contribution in [2.75, 3.05) is 6.61 Å². The van der Waals surface area contributed by atoms with Gasteiger partial charge in [-0.15, -0.1) is 0 Å². The van der Waals surface area contributed by atoms with Crippen LogP contribution in [0.3, 0.4) is 0 Å². The van der Waals surface area contributed by atoms with Gasteiger partial charge in [-0.3, -0.25) is 9.59 Å². The molecule has 0 aromatic carbocycles. The Morgan fingerprint density at radius 3 is 2.35 bits per heavy atom. The lowest BCUT2D eigenvalue weighted by Crippen LogP contribution is -2.25. The van der Waals surface area contributed by atoms with Crippen LogP contribution in [0.4, 0.5) is 0 Å². The molecule has 0 radical (unpaired) electrons. The van der Waals surface area contributed by atoms with Gasteiger partial charge in [-0.05, 0) is 25.7 Å². The van der Waals surface area contributed by atoms with Gasteiger partial charge < -0.3 is 14.2 Å². The number of esters is 2. The molecule has 1 aliphatic carbocycles. The van der Waals surface area contributed by atoms with Gasteiger partial charge in [0.15, 0.2) is 0 Å². The van der Waals surface area contributed by atoms with Crippen LogP contribution < -0.4 is 0 Å². The lowest BCUT2D eigenvalue weighted by atomic mass is 10.2. The Kier molecular flexibility index (Phi) is 6.46. The first-order valence-electron chi connectivity index (χ1n) is 7.37. The summed E-state index contributed by atoms with van der Waals surface area (Å²) in [5.41, 5.74) is 0. The molecule has 0 bridgehead atoms. The molecule has 4 atom stereocenters. The molecule has 1 rings (SSSR count). The highest BCUT2D eigenvalue weighted by Crippen LogP contribution is 2.40. The van der Waals surface area contributed by atoms with Crippen molar-refractivity contribution in [3.05, 3.63) is 0 Å². The van der Waals surface area contributed by atoms with Crippen LogP contribution >= 0.6 is 0 Å². The van der Waals surface area contributed by atoms with E-state index in [-0.39, 0.29) is 35.8 Å². The molecule has 0 aromatic rings. The first-order chi connectivity index (χ1) is 9.35. The summed E-state index contributed by atoms with van der Waals surface area (Å²) >= 11 is 0. The summed E-state index contributed by atoms with van der Waals surface area (Å²) in [6, 6.07) is 0. The van der Waals surface area contributed by atoms with E-state index in [1.165, 1.54) is 0 Å². The van der Waals surface area contributed by atoms with E-state index in [9.17, 15) is 9.59 Å². The van der Waals surface area contributed by atoms with Crippen LogP contribution in [0.15, 0.2) is 0 Å². The molecule has 20 heavy (non-hydrogen) atoms. The molecule has 0 aliphatic heterocycles. The number of carbonyl (C=O) groups excluding carboxylic acids is 2. The molecule has 1 aliphatic rings. The minimum absolute atomic E-state index is 0.112. The molecule has 0 aromatic heterocycles. The number of rotatable bonds is 8. The smallest absolute Gasteiger partial charge is 0.312 e. The minimum atomic E-state index is -0.825. The summed E-state index contributed by atoms with van der Waals surface area (Å²) in [5, 5.41) is 0. The monoisotopic (exact) mass is 286 g/mol. The second-order valence-electron chi connectivity index (χ2n) is 5.75. The van der Waals surface area contributed by atoms with Crippen molar-refractivity contribution in [1.29, 1.82) is 0 Å². The van der Waals surface area contributed by atoms with E-state index < -0.39 is 6.29 Å². The van der Waals surface area contributed by atoms with Crippen LogP contribution in [0.25, 0.3) is 0 Å². The number of carbonyl (C=O) groups is 2. The Bertz CT molecular complexity index is 339. The van der Waals surface area contributed by atoms with Gasteiger partial charge in [-0.25, -0.2) is 0 Å². The molecule has 0 saturated heterocycles. The van der Waals surface area contributed by atoms with Crippen LogP contribution in [-0.4, -0.2) is 30.9 Å². The lowest BCUT2D eigenvalue weighted by molar-refractivity contribution is -0.188. The zero-order chi connectivity index (χ0) is 15.3. The first-order valence-corrected chi connectivity index (χ1v) is 7.37. The Balaban J connectivity index is 2.23. The van der Waals surface area contributed by atoms with E-state index in [0.29, 0.717) is 6.61 Å². The SMILES string of the molecule is CCC(C)OC[C@@H]1C[C@H]1C(=O)OC(C)OC(=O)C(C)C. The third kappa shape index (κ3) is 5.49. The molecular weight excluding hydrogens is 260 g/mol. The summed E-state index contributed by atoms with van der Waals surface area (Å²) in [6.07, 6.45) is 1.15. The lowest BCUT2D eigenvalue weighted by Gasteiger charge is -2.15. The fraction of sp³-hybridized carbons (Fsp3) is 0.867. The average Bonchev–Trinajstić information content (AvgIpc) is 3.15. The van der Waals surface area contributed by atoms with Gasteiger partial charge in [-0.2, -0.15) is 0 Å². The summed E-state index contributed by atoms with van der Waals surface area (Å²) in [7, 11) is 0. The molecule has 0 amide bonds. The molecule has 1 saturated carbocycles. The van der Waals surface area contributed by atoms with Crippen molar-refractivity contribution in [2.24, 2.45) is 17.8 Å². The molecule has 0 N–H and O–H groups in total. The zero-order valence-electron chi connectivity index (χ0n) is 13.0. The first kappa shape index (κ1) is 17.0. The Labute approximate surface area is 121 Å². The van der Waals surface area contributed by atoms with Crippen LogP contribution in [0.2, 0.25) is 0 Å². The third-order valence-corrected chi connectivity index (χ3v) is 3.43. The minimum Gasteiger partial charge on any atom is -0.425 e. The fourth-order valence-corrected chi connectivity index (χ4v) is 1.70. The highest BCUT2D eigenvalue weighted by atomic mass is 16.7. The predicted molar refractivity (Wildman–Crippen MR) is 73.8 cm³/mol. The fourth-order valence-electron chi connectivity index (χ4n) is 1.70. The van der Waals surface area contributed by atoms with Gasteiger partial charge in [0.1, 0.15) is 0 Å². The van der Waals surface area contributed by atoms with E-state index in [0.717, 1.165) is 12.8 Å². The van der Waals surface area contributed by atoms with Crippen molar-refractivity contribution in [2.45, 2.75) is 59.9 Å². The molecule has 5 nitrogen and oxygen atoms in total. The zero-order valence-corrected chi connectivity index (χ0v) is 13.0. The normalized spacial score (nSPS) is 24.1. The van der Waals surface area contributed by atoms with Gasteiger partial charge in [0.2, 0.25) is 6.29 Å². The maximum Gasteiger partial charge on any atom is 0.312 e. The summed E-state index contributed by atoms with van der Waals surface area (Å²) in [6.45, 7) is 9.71.